The van der Waals surface area contributed by atoms with Crippen LogP contribution < -0.4 is 10.6 Å². The summed E-state index contributed by atoms with van der Waals surface area (Å²) in [6.45, 7) is 4.28. The fourth-order valence-corrected chi connectivity index (χ4v) is 3.32. The highest BCUT2D eigenvalue weighted by atomic mass is 16.2. The van der Waals surface area contributed by atoms with E-state index < -0.39 is 0 Å². The Hall–Kier alpha value is -2.31. The second-order valence-electron chi connectivity index (χ2n) is 6.80. The molecular weight excluding hydrogens is 304 g/mol. The Bertz CT molecular complexity index is 725. The molecule has 1 aliphatic carbocycles. The van der Waals surface area contributed by atoms with Gasteiger partial charge in [0.1, 0.15) is 5.82 Å². The number of carbonyl (C=O) groups is 1. The lowest BCUT2D eigenvalue weighted by atomic mass is 10.1. The maximum absolute atomic E-state index is 11.8. The number of urea groups is 1. The van der Waals surface area contributed by atoms with Gasteiger partial charge in [0.15, 0.2) is 5.65 Å². The number of hydrogen-bond acceptors (Lipinski definition) is 4. The summed E-state index contributed by atoms with van der Waals surface area (Å²) in [5.74, 6) is 1.34. The van der Waals surface area contributed by atoms with E-state index in [4.69, 9.17) is 0 Å². The van der Waals surface area contributed by atoms with Crippen molar-refractivity contribution in [1.29, 1.82) is 0 Å². The predicted molar refractivity (Wildman–Crippen MR) is 94.3 cm³/mol. The first kappa shape index (κ1) is 16.5. The molecule has 0 saturated heterocycles. The van der Waals surface area contributed by atoms with Gasteiger partial charge >= 0.3 is 6.03 Å². The van der Waals surface area contributed by atoms with Gasteiger partial charge in [-0.25, -0.2) is 9.78 Å². The fourth-order valence-electron chi connectivity index (χ4n) is 3.32. The number of nitrogens with zero attached hydrogens (tertiary/aromatic N) is 4. The van der Waals surface area contributed by atoms with Crippen LogP contribution >= 0.6 is 0 Å². The zero-order valence-electron chi connectivity index (χ0n) is 14.8. The summed E-state index contributed by atoms with van der Waals surface area (Å²) in [7, 11) is 3.53. The molecule has 0 spiro atoms. The zero-order valence-corrected chi connectivity index (χ0v) is 14.8. The first-order valence-corrected chi connectivity index (χ1v) is 8.55. The number of rotatable bonds is 4. The molecule has 130 valence electrons. The highest BCUT2D eigenvalue weighted by Gasteiger charge is 2.30. The summed E-state index contributed by atoms with van der Waals surface area (Å²) in [5, 5.41) is 10.7. The first-order chi connectivity index (χ1) is 11.5. The van der Waals surface area contributed by atoms with Gasteiger partial charge in [0, 0.05) is 44.0 Å². The Morgan fingerprint density at radius 1 is 1.42 bits per heavy atom. The molecule has 0 radical (unpaired) electrons. The molecular formula is C17H26N6O. The smallest absolute Gasteiger partial charge is 0.317 e. The highest BCUT2D eigenvalue weighted by molar-refractivity contribution is 5.73. The lowest BCUT2D eigenvalue weighted by Crippen LogP contribution is -2.41. The van der Waals surface area contributed by atoms with Crippen molar-refractivity contribution in [3.8, 4) is 0 Å². The molecule has 2 aromatic heterocycles. The summed E-state index contributed by atoms with van der Waals surface area (Å²) in [6.07, 6.45) is 4.75. The minimum absolute atomic E-state index is 0.0267. The van der Waals surface area contributed by atoms with E-state index >= 15 is 0 Å². The molecule has 2 N–H and O–H groups in total. The molecule has 2 amide bonds. The van der Waals surface area contributed by atoms with Crippen LogP contribution in [0.25, 0.3) is 5.65 Å². The second kappa shape index (κ2) is 6.67. The number of fused-ring (bicyclic) bond motifs is 1. The SMILES string of the molecule is CNC(=O)N(C)[C@@H]1CC[C@@H](Nc2cc(C(C)C)nc3ccnn23)C1. The third kappa shape index (κ3) is 3.16. The Morgan fingerprint density at radius 3 is 2.92 bits per heavy atom. The molecule has 0 bridgehead atoms. The van der Waals surface area contributed by atoms with E-state index in [1.54, 1.807) is 18.1 Å². The van der Waals surface area contributed by atoms with Gasteiger partial charge in [-0.2, -0.15) is 9.61 Å². The molecule has 3 rings (SSSR count). The van der Waals surface area contributed by atoms with Crippen LogP contribution in [0.15, 0.2) is 18.3 Å². The van der Waals surface area contributed by atoms with Crippen molar-refractivity contribution in [3.63, 3.8) is 0 Å². The van der Waals surface area contributed by atoms with E-state index in [0.29, 0.717) is 12.0 Å². The average molecular weight is 330 g/mol. The highest BCUT2D eigenvalue weighted by Crippen LogP contribution is 2.27. The molecule has 2 heterocycles. The molecule has 7 heteroatoms. The van der Waals surface area contributed by atoms with E-state index in [-0.39, 0.29) is 12.1 Å². The van der Waals surface area contributed by atoms with Crippen LogP contribution in [0.5, 0.6) is 0 Å². The quantitative estimate of drug-likeness (QED) is 0.903. The van der Waals surface area contributed by atoms with Gasteiger partial charge in [0.05, 0.1) is 6.20 Å². The molecule has 2 aromatic rings. The van der Waals surface area contributed by atoms with Crippen LogP contribution in [-0.2, 0) is 0 Å². The third-order valence-electron chi connectivity index (χ3n) is 4.81. The molecule has 0 unspecified atom stereocenters. The van der Waals surface area contributed by atoms with Crippen LogP contribution in [0.3, 0.4) is 0 Å². The number of amides is 2. The second-order valence-corrected chi connectivity index (χ2v) is 6.80. The minimum Gasteiger partial charge on any atom is -0.367 e. The van der Waals surface area contributed by atoms with Crippen LogP contribution in [0.2, 0.25) is 0 Å². The Labute approximate surface area is 142 Å². The van der Waals surface area contributed by atoms with E-state index in [9.17, 15) is 4.79 Å². The van der Waals surface area contributed by atoms with Crippen molar-refractivity contribution < 1.29 is 4.79 Å². The van der Waals surface area contributed by atoms with Gasteiger partial charge in [-0.1, -0.05) is 13.8 Å². The maximum atomic E-state index is 11.8. The standard InChI is InChI=1S/C17H26N6O/c1-11(2)14-10-16(23-15(21-14)7-8-19-23)20-12-5-6-13(9-12)22(4)17(24)18-3/h7-8,10-13,20H,5-6,9H2,1-4H3,(H,18,24)/t12-,13-/m1/s1. The summed E-state index contributed by atoms with van der Waals surface area (Å²) < 4.78 is 1.85. The minimum atomic E-state index is -0.0267. The Morgan fingerprint density at radius 2 is 2.21 bits per heavy atom. The van der Waals surface area contributed by atoms with E-state index in [1.165, 1.54) is 0 Å². The molecule has 1 fully saturated rings. The number of nitrogens with one attached hydrogen (secondary N) is 2. The van der Waals surface area contributed by atoms with Gasteiger partial charge in [-0.3, -0.25) is 0 Å². The van der Waals surface area contributed by atoms with Crippen LogP contribution in [0.1, 0.15) is 44.7 Å². The lowest BCUT2D eigenvalue weighted by Gasteiger charge is -2.24. The molecule has 1 saturated carbocycles. The number of carbonyl (C=O) groups excluding carboxylic acids is 1. The monoisotopic (exact) mass is 330 g/mol. The summed E-state index contributed by atoms with van der Waals surface area (Å²) in [6, 6.07) is 4.58. The summed E-state index contributed by atoms with van der Waals surface area (Å²) >= 11 is 0. The van der Waals surface area contributed by atoms with Crippen LogP contribution in [-0.4, -0.2) is 51.7 Å². The van der Waals surface area contributed by atoms with Gasteiger partial charge in [0.25, 0.3) is 0 Å². The van der Waals surface area contributed by atoms with E-state index in [1.807, 2.05) is 17.6 Å². The molecule has 1 aliphatic rings. The van der Waals surface area contributed by atoms with Crippen molar-refractivity contribution in [3.05, 3.63) is 24.0 Å². The number of hydrogen-bond donors (Lipinski definition) is 2. The molecule has 0 aromatic carbocycles. The first-order valence-electron chi connectivity index (χ1n) is 8.55. The van der Waals surface area contributed by atoms with Crippen molar-refractivity contribution in [2.75, 3.05) is 19.4 Å². The van der Waals surface area contributed by atoms with Gasteiger partial charge in [-0.15, -0.1) is 0 Å². The largest absolute Gasteiger partial charge is 0.367 e. The average Bonchev–Trinajstić information content (AvgIpc) is 3.22. The third-order valence-corrected chi connectivity index (χ3v) is 4.81. The van der Waals surface area contributed by atoms with Gasteiger partial charge in [0.2, 0.25) is 0 Å². The Kier molecular flexibility index (Phi) is 4.59. The van der Waals surface area contributed by atoms with Crippen LogP contribution in [0.4, 0.5) is 10.6 Å². The van der Waals surface area contributed by atoms with Crippen LogP contribution in [0, 0.1) is 0 Å². The summed E-state index contributed by atoms with van der Waals surface area (Å²) in [4.78, 5) is 18.2. The number of anilines is 1. The van der Waals surface area contributed by atoms with Gasteiger partial charge < -0.3 is 15.5 Å². The fraction of sp³-hybridized carbons (Fsp3) is 0.588. The van der Waals surface area contributed by atoms with Gasteiger partial charge in [-0.05, 0) is 25.2 Å². The van der Waals surface area contributed by atoms with E-state index in [2.05, 4.69) is 40.6 Å². The van der Waals surface area contributed by atoms with Crippen molar-refractivity contribution >= 4 is 17.5 Å². The molecule has 24 heavy (non-hydrogen) atoms. The van der Waals surface area contributed by atoms with Crippen molar-refractivity contribution in [1.82, 2.24) is 24.8 Å². The Balaban J connectivity index is 1.76. The maximum Gasteiger partial charge on any atom is 0.317 e. The molecule has 7 nitrogen and oxygen atoms in total. The predicted octanol–water partition coefficient (Wildman–Crippen LogP) is 2.46. The van der Waals surface area contributed by atoms with Crippen molar-refractivity contribution in [2.24, 2.45) is 0 Å². The topological polar surface area (TPSA) is 74.6 Å². The molecule has 2 atom stereocenters. The van der Waals surface area contributed by atoms with Crippen molar-refractivity contribution in [2.45, 2.75) is 51.1 Å². The number of aromatic nitrogens is 3. The zero-order chi connectivity index (χ0) is 17.3. The normalized spacial score (nSPS) is 20.5. The lowest BCUT2D eigenvalue weighted by molar-refractivity contribution is 0.193. The summed E-state index contributed by atoms with van der Waals surface area (Å²) in [5.41, 5.74) is 1.92. The van der Waals surface area contributed by atoms with E-state index in [0.717, 1.165) is 36.4 Å². The molecule has 0 aliphatic heterocycles.